The Labute approximate surface area is 295 Å². The summed E-state index contributed by atoms with van der Waals surface area (Å²) >= 11 is 0. The molecular weight excluding hydrogens is 634 g/mol. The maximum atomic E-state index is 6.68. The van der Waals surface area contributed by atoms with Gasteiger partial charge in [-0.15, -0.1) is 0 Å². The summed E-state index contributed by atoms with van der Waals surface area (Å²) in [5.41, 5.74) is 4.23. The summed E-state index contributed by atoms with van der Waals surface area (Å²) in [5, 5.41) is 3.33. The fourth-order valence-corrected chi connectivity index (χ4v) is 6.37. The maximum absolute atomic E-state index is 6.68. The Hall–Kier alpha value is -3.48. The molecule has 0 bridgehead atoms. The lowest BCUT2D eigenvalue weighted by Gasteiger charge is -2.46. The largest absolute Gasteiger partial charge is 0.376 e. The Morgan fingerprint density at radius 2 is 1.06 bits per heavy atom. The van der Waals surface area contributed by atoms with Gasteiger partial charge in [0, 0.05) is 13.5 Å². The molecule has 0 aliphatic carbocycles. The Balaban J connectivity index is 1.18. The number of ether oxygens (including phenoxy) is 8. The smallest absolute Gasteiger partial charge is 0.187 e. The zero-order valence-corrected chi connectivity index (χ0v) is 28.9. The average molecular weight is 684 g/mol. The monoisotopic (exact) mass is 683 g/mol. The van der Waals surface area contributed by atoms with Crippen LogP contribution in [-0.2, 0) is 64.3 Å². The van der Waals surface area contributed by atoms with Crippen LogP contribution in [0.3, 0.4) is 0 Å². The van der Waals surface area contributed by atoms with Gasteiger partial charge in [-0.2, -0.15) is 0 Å². The third-order valence-electron chi connectivity index (χ3n) is 9.15. The molecule has 2 fully saturated rings. The highest BCUT2D eigenvalue weighted by molar-refractivity contribution is 5.16. The molecule has 4 aromatic carbocycles. The summed E-state index contributed by atoms with van der Waals surface area (Å²) < 4.78 is 51.5. The Morgan fingerprint density at radius 1 is 0.580 bits per heavy atom. The third-order valence-corrected chi connectivity index (χ3v) is 9.15. The SMILES string of the molecule is CN[C@H]1CO[C@@H](OC[C@H]2O[C@@H](OCc3ccccc3)[C@H](OCc3ccccc3)[C@@H](OCc3ccccc3)[C@@H]2OC)C[C@@H]1OCc1ccccc1. The second-order valence-corrected chi connectivity index (χ2v) is 12.6. The van der Waals surface area contributed by atoms with Crippen LogP contribution < -0.4 is 5.32 Å². The zero-order chi connectivity index (χ0) is 34.4. The average Bonchev–Trinajstić information content (AvgIpc) is 3.18. The lowest BCUT2D eigenvalue weighted by Crippen LogP contribution is -2.62. The van der Waals surface area contributed by atoms with E-state index in [0.717, 1.165) is 22.3 Å². The molecule has 9 heteroatoms. The molecule has 1 N–H and O–H groups in total. The Morgan fingerprint density at radius 3 is 1.56 bits per heavy atom. The van der Waals surface area contributed by atoms with Gasteiger partial charge in [-0.1, -0.05) is 121 Å². The molecule has 2 heterocycles. The van der Waals surface area contributed by atoms with E-state index in [1.54, 1.807) is 7.11 Å². The molecule has 0 saturated carbocycles. The van der Waals surface area contributed by atoms with E-state index in [4.69, 9.17) is 37.9 Å². The summed E-state index contributed by atoms with van der Waals surface area (Å²) in [6, 6.07) is 40.4. The van der Waals surface area contributed by atoms with Crippen LogP contribution in [0, 0.1) is 0 Å². The van der Waals surface area contributed by atoms with Gasteiger partial charge in [0.05, 0.1) is 51.8 Å². The molecule has 0 radical (unpaired) electrons. The first-order chi connectivity index (χ1) is 24.7. The highest BCUT2D eigenvalue weighted by Gasteiger charge is 2.49. The van der Waals surface area contributed by atoms with E-state index in [2.05, 4.69) is 17.4 Å². The molecule has 0 aromatic heterocycles. The van der Waals surface area contributed by atoms with Crippen LogP contribution in [0.1, 0.15) is 28.7 Å². The van der Waals surface area contributed by atoms with Crippen molar-refractivity contribution in [3.8, 4) is 0 Å². The van der Waals surface area contributed by atoms with E-state index < -0.39 is 37.0 Å². The molecule has 0 amide bonds. The molecule has 2 aliphatic rings. The van der Waals surface area contributed by atoms with Crippen molar-refractivity contribution in [3.63, 3.8) is 0 Å². The van der Waals surface area contributed by atoms with E-state index in [9.17, 15) is 0 Å². The van der Waals surface area contributed by atoms with Crippen LogP contribution in [0.15, 0.2) is 121 Å². The fourth-order valence-electron chi connectivity index (χ4n) is 6.37. The van der Waals surface area contributed by atoms with Crippen LogP contribution in [0.2, 0.25) is 0 Å². The van der Waals surface area contributed by atoms with Gasteiger partial charge in [0.2, 0.25) is 0 Å². The summed E-state index contributed by atoms with van der Waals surface area (Å²) in [5.74, 6) is 0. The molecule has 4 aromatic rings. The van der Waals surface area contributed by atoms with Crippen molar-refractivity contribution >= 4 is 0 Å². The van der Waals surface area contributed by atoms with Crippen molar-refractivity contribution in [1.29, 1.82) is 0 Å². The third kappa shape index (κ3) is 10.3. The molecule has 0 unspecified atom stereocenters. The summed E-state index contributed by atoms with van der Waals surface area (Å²) in [6.45, 7) is 2.23. The van der Waals surface area contributed by atoms with Gasteiger partial charge in [0.15, 0.2) is 12.6 Å². The van der Waals surface area contributed by atoms with E-state index in [-0.39, 0.29) is 18.8 Å². The van der Waals surface area contributed by atoms with Crippen molar-refractivity contribution in [1.82, 2.24) is 5.32 Å². The van der Waals surface area contributed by atoms with Crippen molar-refractivity contribution in [2.45, 2.75) is 82.0 Å². The van der Waals surface area contributed by atoms with Gasteiger partial charge in [-0.05, 0) is 29.3 Å². The number of nitrogens with one attached hydrogen (secondary N) is 1. The number of methoxy groups -OCH3 is 1. The summed E-state index contributed by atoms with van der Waals surface area (Å²) in [6.07, 6.45) is -2.96. The van der Waals surface area contributed by atoms with E-state index in [1.165, 1.54) is 0 Å². The van der Waals surface area contributed by atoms with Crippen LogP contribution in [0.25, 0.3) is 0 Å². The first-order valence-corrected chi connectivity index (χ1v) is 17.4. The molecule has 2 aliphatic heterocycles. The molecule has 50 heavy (non-hydrogen) atoms. The maximum Gasteiger partial charge on any atom is 0.187 e. The van der Waals surface area contributed by atoms with Gasteiger partial charge in [-0.3, -0.25) is 0 Å². The number of hydrogen-bond donors (Lipinski definition) is 1. The molecule has 6 rings (SSSR count). The van der Waals surface area contributed by atoms with Crippen molar-refractivity contribution < 1.29 is 37.9 Å². The summed E-state index contributed by atoms with van der Waals surface area (Å²) in [7, 11) is 3.59. The minimum absolute atomic E-state index is 0.0465. The van der Waals surface area contributed by atoms with Crippen LogP contribution in [-0.4, -0.2) is 76.5 Å². The second kappa shape index (κ2) is 19.2. The molecule has 8 atom stereocenters. The van der Waals surface area contributed by atoms with Crippen LogP contribution >= 0.6 is 0 Å². The summed E-state index contributed by atoms with van der Waals surface area (Å²) in [4.78, 5) is 0. The predicted octanol–water partition coefficient (Wildman–Crippen LogP) is 6.05. The van der Waals surface area contributed by atoms with Crippen molar-refractivity contribution in [2.75, 3.05) is 27.4 Å². The second-order valence-electron chi connectivity index (χ2n) is 12.6. The standard InChI is InChI=1S/C41H49NO8/c1-42-34-28-45-37(23-35(34)44-24-30-15-7-3-8-16-30)46-29-36-38(43-2)39(47-25-31-17-9-4-10-18-31)40(48-26-32-19-11-5-12-20-32)41(50-36)49-27-33-21-13-6-14-22-33/h3-22,34-42H,23-29H2,1-2H3/t34-,35-,36+,37-,38+,39-,40+,41+/m0/s1. The molecule has 9 nitrogen and oxygen atoms in total. The van der Waals surface area contributed by atoms with Gasteiger partial charge in [-0.25, -0.2) is 0 Å². The predicted molar refractivity (Wildman–Crippen MR) is 189 cm³/mol. The van der Waals surface area contributed by atoms with Crippen molar-refractivity contribution in [2.24, 2.45) is 0 Å². The highest BCUT2D eigenvalue weighted by atomic mass is 16.7. The van der Waals surface area contributed by atoms with Crippen LogP contribution in [0.5, 0.6) is 0 Å². The molecule has 2 saturated heterocycles. The molecule has 266 valence electrons. The Kier molecular flexibility index (Phi) is 14.0. The quantitative estimate of drug-likeness (QED) is 0.143. The van der Waals surface area contributed by atoms with Gasteiger partial charge < -0.3 is 43.2 Å². The van der Waals surface area contributed by atoms with Crippen LogP contribution in [0.4, 0.5) is 0 Å². The fraction of sp³-hybridized carbons (Fsp3) is 0.415. The van der Waals surface area contributed by atoms with Crippen molar-refractivity contribution in [3.05, 3.63) is 144 Å². The van der Waals surface area contributed by atoms with Gasteiger partial charge in [0.1, 0.15) is 24.4 Å². The number of rotatable bonds is 17. The number of hydrogen-bond acceptors (Lipinski definition) is 9. The van der Waals surface area contributed by atoms with E-state index in [1.807, 2.05) is 116 Å². The minimum Gasteiger partial charge on any atom is -0.376 e. The topological polar surface area (TPSA) is 85.9 Å². The first kappa shape index (κ1) is 36.3. The normalized spacial score (nSPS) is 26.8. The molecule has 0 spiro atoms. The molecular formula is C41H49NO8. The highest BCUT2D eigenvalue weighted by Crippen LogP contribution is 2.32. The van der Waals surface area contributed by atoms with E-state index in [0.29, 0.717) is 39.5 Å². The van der Waals surface area contributed by atoms with E-state index >= 15 is 0 Å². The first-order valence-electron chi connectivity index (χ1n) is 17.4. The number of likely N-dealkylation sites (N-methyl/N-ethyl adjacent to an activating group) is 1. The number of benzene rings is 4. The lowest BCUT2D eigenvalue weighted by molar-refractivity contribution is -0.332. The minimum atomic E-state index is -0.761. The van der Waals surface area contributed by atoms with Gasteiger partial charge in [0.25, 0.3) is 0 Å². The zero-order valence-electron chi connectivity index (χ0n) is 28.9. The van der Waals surface area contributed by atoms with Gasteiger partial charge >= 0.3 is 0 Å². The Bertz CT molecular complexity index is 1500. The lowest BCUT2D eigenvalue weighted by atomic mass is 9.98.